The van der Waals surface area contributed by atoms with Crippen molar-refractivity contribution in [1.82, 2.24) is 19.0 Å². The lowest BCUT2D eigenvalue weighted by Gasteiger charge is -2.35. The van der Waals surface area contributed by atoms with Crippen LogP contribution >= 0.6 is 0 Å². The third kappa shape index (κ3) is 3.01. The quantitative estimate of drug-likeness (QED) is 0.812. The summed E-state index contributed by atoms with van der Waals surface area (Å²) in [4.78, 5) is 14.5. The molecule has 2 aliphatic heterocycles. The van der Waals surface area contributed by atoms with Gasteiger partial charge in [-0.25, -0.2) is 8.42 Å². The molecule has 2 aliphatic rings. The Labute approximate surface area is 137 Å². The summed E-state index contributed by atoms with van der Waals surface area (Å²) in [6, 6.07) is 0. The first-order valence-corrected chi connectivity index (χ1v) is 9.74. The molecular weight excluding hydrogens is 316 g/mol. The fourth-order valence-electron chi connectivity index (χ4n) is 3.21. The number of sulfonamides is 1. The highest BCUT2D eigenvalue weighted by atomic mass is 32.2. The molecule has 8 heteroatoms. The molecule has 0 spiro atoms. The van der Waals surface area contributed by atoms with Crippen LogP contribution in [0.2, 0.25) is 0 Å². The van der Waals surface area contributed by atoms with Gasteiger partial charge in [-0.1, -0.05) is 0 Å². The molecule has 0 atom stereocenters. The van der Waals surface area contributed by atoms with Gasteiger partial charge in [0.1, 0.15) is 0 Å². The van der Waals surface area contributed by atoms with Crippen LogP contribution in [0.15, 0.2) is 6.20 Å². The van der Waals surface area contributed by atoms with Crippen LogP contribution < -0.4 is 0 Å². The standard InChI is InChI=1S/C15H24N4O3S/c1-12(2)23(21,22)18-9-7-17(8-10-18)15(20)13-11-16-19-6-4-3-5-14(13)19/h11-12H,3-10H2,1-2H3. The number of fused-ring (bicyclic) bond motifs is 1. The molecule has 0 unspecified atom stereocenters. The molecule has 128 valence electrons. The summed E-state index contributed by atoms with van der Waals surface area (Å²) in [6.45, 7) is 5.87. The van der Waals surface area contributed by atoms with E-state index in [4.69, 9.17) is 0 Å². The summed E-state index contributed by atoms with van der Waals surface area (Å²) in [6.07, 6.45) is 4.75. The number of piperazine rings is 1. The summed E-state index contributed by atoms with van der Waals surface area (Å²) in [7, 11) is -3.24. The maximum atomic E-state index is 12.7. The Morgan fingerprint density at radius 2 is 1.83 bits per heavy atom. The van der Waals surface area contributed by atoms with Gasteiger partial charge < -0.3 is 4.90 Å². The lowest BCUT2D eigenvalue weighted by Crippen LogP contribution is -2.52. The van der Waals surface area contributed by atoms with E-state index >= 15 is 0 Å². The molecule has 1 amide bonds. The van der Waals surface area contributed by atoms with Crippen LogP contribution in [0.1, 0.15) is 42.7 Å². The van der Waals surface area contributed by atoms with Gasteiger partial charge in [0, 0.05) is 32.7 Å². The van der Waals surface area contributed by atoms with Crippen LogP contribution in [0.25, 0.3) is 0 Å². The van der Waals surface area contributed by atoms with E-state index in [0.717, 1.165) is 31.5 Å². The van der Waals surface area contributed by atoms with Crippen LogP contribution in [0.3, 0.4) is 0 Å². The molecule has 0 N–H and O–H groups in total. The van der Waals surface area contributed by atoms with E-state index in [1.165, 1.54) is 4.31 Å². The van der Waals surface area contributed by atoms with Crippen molar-refractivity contribution in [2.75, 3.05) is 26.2 Å². The number of rotatable bonds is 3. The highest BCUT2D eigenvalue weighted by Crippen LogP contribution is 2.21. The Kier molecular flexibility index (Phi) is 4.46. The van der Waals surface area contributed by atoms with E-state index in [2.05, 4.69) is 5.10 Å². The van der Waals surface area contributed by atoms with Crippen LogP contribution in [0, 0.1) is 0 Å². The van der Waals surface area contributed by atoms with Gasteiger partial charge in [-0.3, -0.25) is 9.48 Å². The molecule has 23 heavy (non-hydrogen) atoms. The minimum atomic E-state index is -3.24. The maximum Gasteiger partial charge on any atom is 0.257 e. The average Bonchev–Trinajstić information content (AvgIpc) is 2.98. The Bertz CT molecular complexity index is 688. The topological polar surface area (TPSA) is 75.5 Å². The van der Waals surface area contributed by atoms with E-state index in [1.807, 2.05) is 4.68 Å². The second kappa shape index (κ2) is 6.24. The van der Waals surface area contributed by atoms with Gasteiger partial charge in [-0.15, -0.1) is 0 Å². The van der Waals surface area contributed by atoms with Gasteiger partial charge in [-0.2, -0.15) is 9.40 Å². The van der Waals surface area contributed by atoms with Crippen molar-refractivity contribution < 1.29 is 13.2 Å². The first-order chi connectivity index (χ1) is 10.9. The highest BCUT2D eigenvalue weighted by molar-refractivity contribution is 7.89. The van der Waals surface area contributed by atoms with Crippen molar-refractivity contribution >= 4 is 15.9 Å². The monoisotopic (exact) mass is 340 g/mol. The van der Waals surface area contributed by atoms with E-state index in [9.17, 15) is 13.2 Å². The second-order valence-electron chi connectivity index (χ2n) is 6.47. The minimum Gasteiger partial charge on any atom is -0.336 e. The number of carbonyl (C=O) groups is 1. The largest absolute Gasteiger partial charge is 0.336 e. The zero-order valence-electron chi connectivity index (χ0n) is 13.7. The number of aryl methyl sites for hydroxylation is 1. The Hall–Kier alpha value is -1.41. The molecule has 7 nitrogen and oxygen atoms in total. The van der Waals surface area contributed by atoms with Crippen molar-refractivity contribution in [3.8, 4) is 0 Å². The van der Waals surface area contributed by atoms with Gasteiger partial charge in [0.2, 0.25) is 10.0 Å². The number of amides is 1. The molecule has 0 aliphatic carbocycles. The Balaban J connectivity index is 1.68. The number of aromatic nitrogens is 2. The zero-order chi connectivity index (χ0) is 16.6. The number of nitrogens with zero attached hydrogens (tertiary/aromatic N) is 4. The smallest absolute Gasteiger partial charge is 0.257 e. The van der Waals surface area contributed by atoms with E-state index < -0.39 is 15.3 Å². The van der Waals surface area contributed by atoms with Crippen molar-refractivity contribution in [2.45, 2.75) is 44.9 Å². The third-order valence-electron chi connectivity index (χ3n) is 4.69. The summed E-state index contributed by atoms with van der Waals surface area (Å²) in [5.41, 5.74) is 1.71. The molecular formula is C15H24N4O3S. The summed E-state index contributed by atoms with van der Waals surface area (Å²) in [5, 5.41) is 3.89. The Morgan fingerprint density at radius 3 is 2.48 bits per heavy atom. The normalized spacial score (nSPS) is 19.9. The molecule has 1 saturated heterocycles. The molecule has 0 saturated carbocycles. The van der Waals surface area contributed by atoms with Crippen molar-refractivity contribution in [3.63, 3.8) is 0 Å². The number of carbonyl (C=O) groups excluding carboxylic acids is 1. The summed E-state index contributed by atoms with van der Waals surface area (Å²) in [5.74, 6) is -0.0188. The van der Waals surface area contributed by atoms with E-state index in [-0.39, 0.29) is 5.91 Å². The van der Waals surface area contributed by atoms with E-state index in [0.29, 0.717) is 31.7 Å². The molecule has 0 aromatic carbocycles. The van der Waals surface area contributed by atoms with Gasteiger partial charge in [-0.05, 0) is 33.1 Å². The second-order valence-corrected chi connectivity index (χ2v) is 8.96. The van der Waals surface area contributed by atoms with Crippen LogP contribution in [0.4, 0.5) is 0 Å². The molecule has 0 bridgehead atoms. The molecule has 1 aromatic heterocycles. The first kappa shape index (κ1) is 16.4. The van der Waals surface area contributed by atoms with E-state index in [1.54, 1.807) is 24.9 Å². The SMILES string of the molecule is CC(C)S(=O)(=O)N1CCN(C(=O)c2cnn3c2CCCC3)CC1. The molecule has 0 radical (unpaired) electrons. The van der Waals surface area contributed by atoms with Gasteiger partial charge >= 0.3 is 0 Å². The van der Waals surface area contributed by atoms with Crippen molar-refractivity contribution in [2.24, 2.45) is 0 Å². The van der Waals surface area contributed by atoms with Gasteiger partial charge in [0.15, 0.2) is 0 Å². The summed E-state index contributed by atoms with van der Waals surface area (Å²) >= 11 is 0. The maximum absolute atomic E-state index is 12.7. The predicted octanol–water partition coefficient (Wildman–Crippen LogP) is 0.715. The van der Waals surface area contributed by atoms with Crippen molar-refractivity contribution in [3.05, 3.63) is 17.5 Å². The van der Waals surface area contributed by atoms with Crippen molar-refractivity contribution in [1.29, 1.82) is 0 Å². The zero-order valence-corrected chi connectivity index (χ0v) is 14.5. The van der Waals surface area contributed by atoms with Crippen LogP contribution in [-0.4, -0.2) is 64.7 Å². The van der Waals surface area contributed by atoms with Crippen LogP contribution in [0.5, 0.6) is 0 Å². The van der Waals surface area contributed by atoms with Crippen LogP contribution in [-0.2, 0) is 23.0 Å². The predicted molar refractivity (Wildman–Crippen MR) is 86.7 cm³/mol. The molecule has 1 fully saturated rings. The number of hydrogen-bond donors (Lipinski definition) is 0. The fraction of sp³-hybridized carbons (Fsp3) is 0.733. The average molecular weight is 340 g/mol. The minimum absolute atomic E-state index is 0.0188. The highest BCUT2D eigenvalue weighted by Gasteiger charge is 2.32. The Morgan fingerprint density at radius 1 is 1.13 bits per heavy atom. The number of hydrogen-bond acceptors (Lipinski definition) is 4. The van der Waals surface area contributed by atoms with Gasteiger partial charge in [0.25, 0.3) is 5.91 Å². The lowest BCUT2D eigenvalue weighted by atomic mass is 10.1. The third-order valence-corrected chi connectivity index (χ3v) is 6.97. The fourth-order valence-corrected chi connectivity index (χ4v) is 4.48. The molecule has 1 aromatic rings. The molecule has 3 rings (SSSR count). The first-order valence-electron chi connectivity index (χ1n) is 8.24. The summed E-state index contributed by atoms with van der Waals surface area (Å²) < 4.78 is 27.8. The van der Waals surface area contributed by atoms with Gasteiger partial charge in [0.05, 0.1) is 22.7 Å². The lowest BCUT2D eigenvalue weighted by molar-refractivity contribution is 0.0696. The molecule has 3 heterocycles.